The van der Waals surface area contributed by atoms with Crippen LogP contribution in [-0.2, 0) is 0 Å². The molecule has 0 saturated heterocycles. The molecule has 0 aromatic carbocycles. The lowest BCUT2D eigenvalue weighted by Gasteiger charge is -2.34. The second-order valence-electron chi connectivity index (χ2n) is 5.57. The van der Waals surface area contributed by atoms with Crippen LogP contribution >= 0.6 is 0 Å². The number of H-pyrrole nitrogens is 1. The highest BCUT2D eigenvalue weighted by atomic mass is 15.0. The van der Waals surface area contributed by atoms with Gasteiger partial charge in [-0.25, -0.2) is 4.98 Å². The van der Waals surface area contributed by atoms with Crippen molar-refractivity contribution < 1.29 is 0 Å². The Morgan fingerprint density at radius 3 is 2.82 bits per heavy atom. The third kappa shape index (κ3) is 3.09. The molecular weight excluding hydrogens is 210 g/mol. The fraction of sp³-hybridized carbons (Fsp3) is 0.786. The number of hydrogen-bond acceptors (Lipinski definition) is 2. The topological polar surface area (TPSA) is 40.7 Å². The van der Waals surface area contributed by atoms with Crippen molar-refractivity contribution in [2.75, 3.05) is 0 Å². The molecule has 96 valence electrons. The molecule has 1 saturated carbocycles. The Morgan fingerprint density at radius 2 is 2.24 bits per heavy atom. The van der Waals surface area contributed by atoms with Crippen molar-refractivity contribution in [3.8, 4) is 0 Å². The van der Waals surface area contributed by atoms with Crippen LogP contribution in [0.1, 0.15) is 58.3 Å². The van der Waals surface area contributed by atoms with Crippen LogP contribution in [0.3, 0.4) is 0 Å². The SMILES string of the molecule is CCC(NC1CCC(C)C(C)C1)c1ncc[nH]1. The maximum absolute atomic E-state index is 4.37. The highest BCUT2D eigenvalue weighted by Crippen LogP contribution is 2.30. The van der Waals surface area contributed by atoms with E-state index in [1.807, 2.05) is 12.4 Å². The molecule has 4 unspecified atom stereocenters. The fourth-order valence-corrected chi connectivity index (χ4v) is 2.84. The van der Waals surface area contributed by atoms with Gasteiger partial charge in [-0.05, 0) is 37.5 Å². The first-order valence-corrected chi connectivity index (χ1v) is 6.96. The maximum atomic E-state index is 4.37. The quantitative estimate of drug-likeness (QED) is 0.841. The maximum Gasteiger partial charge on any atom is 0.123 e. The van der Waals surface area contributed by atoms with Crippen LogP contribution in [0.15, 0.2) is 12.4 Å². The van der Waals surface area contributed by atoms with Crippen molar-refractivity contribution in [2.24, 2.45) is 11.8 Å². The van der Waals surface area contributed by atoms with E-state index in [2.05, 4.69) is 36.1 Å². The molecule has 1 aliphatic rings. The summed E-state index contributed by atoms with van der Waals surface area (Å²) in [5, 5.41) is 3.77. The molecule has 1 aromatic rings. The van der Waals surface area contributed by atoms with Crippen molar-refractivity contribution in [1.29, 1.82) is 0 Å². The summed E-state index contributed by atoms with van der Waals surface area (Å²) in [6.07, 6.45) is 8.80. The molecule has 1 aromatic heterocycles. The van der Waals surface area contributed by atoms with Gasteiger partial charge in [-0.1, -0.05) is 20.8 Å². The molecule has 1 aliphatic carbocycles. The number of rotatable bonds is 4. The molecule has 0 amide bonds. The van der Waals surface area contributed by atoms with E-state index < -0.39 is 0 Å². The Hall–Kier alpha value is -0.830. The Morgan fingerprint density at radius 1 is 1.41 bits per heavy atom. The van der Waals surface area contributed by atoms with E-state index >= 15 is 0 Å². The number of nitrogens with one attached hydrogen (secondary N) is 2. The lowest BCUT2D eigenvalue weighted by Crippen LogP contribution is -2.38. The monoisotopic (exact) mass is 235 g/mol. The predicted octanol–water partition coefficient (Wildman–Crippen LogP) is 3.28. The smallest absolute Gasteiger partial charge is 0.123 e. The van der Waals surface area contributed by atoms with Gasteiger partial charge in [0.1, 0.15) is 5.82 Å². The summed E-state index contributed by atoms with van der Waals surface area (Å²) in [5.74, 6) is 2.81. The van der Waals surface area contributed by atoms with Crippen LogP contribution in [0, 0.1) is 11.8 Å². The molecule has 4 atom stereocenters. The van der Waals surface area contributed by atoms with E-state index in [0.717, 1.165) is 24.1 Å². The highest BCUT2D eigenvalue weighted by Gasteiger charge is 2.26. The second kappa shape index (κ2) is 5.67. The molecule has 17 heavy (non-hydrogen) atoms. The van der Waals surface area contributed by atoms with E-state index in [1.54, 1.807) is 0 Å². The van der Waals surface area contributed by atoms with Crippen LogP contribution in [0.2, 0.25) is 0 Å². The summed E-state index contributed by atoms with van der Waals surface area (Å²) in [5.41, 5.74) is 0. The lowest BCUT2D eigenvalue weighted by molar-refractivity contribution is 0.212. The third-order valence-electron chi connectivity index (χ3n) is 4.29. The zero-order valence-electron chi connectivity index (χ0n) is 11.2. The first kappa shape index (κ1) is 12.6. The third-order valence-corrected chi connectivity index (χ3v) is 4.29. The van der Waals surface area contributed by atoms with Gasteiger partial charge in [0.2, 0.25) is 0 Å². The fourth-order valence-electron chi connectivity index (χ4n) is 2.84. The van der Waals surface area contributed by atoms with E-state index in [0.29, 0.717) is 12.1 Å². The lowest BCUT2D eigenvalue weighted by atomic mass is 9.79. The van der Waals surface area contributed by atoms with Gasteiger partial charge in [0.15, 0.2) is 0 Å². The standard InChI is InChI=1S/C14H25N3/c1-4-13(14-15-7-8-16-14)17-12-6-5-10(2)11(3)9-12/h7-8,10-13,17H,4-6,9H2,1-3H3,(H,15,16). The molecule has 3 nitrogen and oxygen atoms in total. The van der Waals surface area contributed by atoms with Gasteiger partial charge in [-0.15, -0.1) is 0 Å². The summed E-state index contributed by atoms with van der Waals surface area (Å²) >= 11 is 0. The Balaban J connectivity index is 1.91. The van der Waals surface area contributed by atoms with E-state index in [9.17, 15) is 0 Å². The van der Waals surface area contributed by atoms with Gasteiger partial charge >= 0.3 is 0 Å². The summed E-state index contributed by atoms with van der Waals surface area (Å²) in [4.78, 5) is 7.59. The second-order valence-corrected chi connectivity index (χ2v) is 5.57. The van der Waals surface area contributed by atoms with Crippen LogP contribution < -0.4 is 5.32 Å². The summed E-state index contributed by atoms with van der Waals surface area (Å²) in [6.45, 7) is 6.98. The number of aromatic amines is 1. The molecule has 2 N–H and O–H groups in total. The molecular formula is C14H25N3. The first-order chi connectivity index (χ1) is 8.20. The largest absolute Gasteiger partial charge is 0.347 e. The predicted molar refractivity (Wildman–Crippen MR) is 70.7 cm³/mol. The van der Waals surface area contributed by atoms with E-state index in [1.165, 1.54) is 19.3 Å². The summed E-state index contributed by atoms with van der Waals surface area (Å²) in [7, 11) is 0. The normalized spacial score (nSPS) is 31.4. The zero-order chi connectivity index (χ0) is 12.3. The molecule has 0 radical (unpaired) electrons. The summed E-state index contributed by atoms with van der Waals surface area (Å²) < 4.78 is 0. The molecule has 0 aliphatic heterocycles. The van der Waals surface area contributed by atoms with Crippen molar-refractivity contribution in [1.82, 2.24) is 15.3 Å². The van der Waals surface area contributed by atoms with Crippen molar-refractivity contribution in [3.63, 3.8) is 0 Å². The Labute approximate surface area is 104 Å². The van der Waals surface area contributed by atoms with Crippen molar-refractivity contribution in [3.05, 3.63) is 18.2 Å². The van der Waals surface area contributed by atoms with Crippen LogP contribution in [0.25, 0.3) is 0 Å². The van der Waals surface area contributed by atoms with Crippen molar-refractivity contribution in [2.45, 2.75) is 58.5 Å². The van der Waals surface area contributed by atoms with Crippen molar-refractivity contribution >= 4 is 0 Å². The zero-order valence-corrected chi connectivity index (χ0v) is 11.2. The van der Waals surface area contributed by atoms with Gasteiger partial charge in [0, 0.05) is 18.4 Å². The van der Waals surface area contributed by atoms with Crippen LogP contribution in [0.4, 0.5) is 0 Å². The molecule has 0 spiro atoms. The van der Waals surface area contributed by atoms with Gasteiger partial charge in [-0.2, -0.15) is 0 Å². The highest BCUT2D eigenvalue weighted by molar-refractivity contribution is 4.96. The average molecular weight is 235 g/mol. The van der Waals surface area contributed by atoms with Gasteiger partial charge in [-0.3, -0.25) is 0 Å². The molecule has 0 bridgehead atoms. The minimum atomic E-state index is 0.385. The minimum Gasteiger partial charge on any atom is -0.347 e. The first-order valence-electron chi connectivity index (χ1n) is 6.96. The minimum absolute atomic E-state index is 0.385. The van der Waals surface area contributed by atoms with E-state index in [4.69, 9.17) is 0 Å². The molecule has 1 fully saturated rings. The number of nitrogens with zero attached hydrogens (tertiary/aromatic N) is 1. The average Bonchev–Trinajstić information content (AvgIpc) is 2.84. The molecule has 2 rings (SSSR count). The molecule has 3 heteroatoms. The summed E-state index contributed by atoms with van der Waals surface area (Å²) in [6, 6.07) is 1.05. The van der Waals surface area contributed by atoms with Crippen LogP contribution in [-0.4, -0.2) is 16.0 Å². The number of imidazole rings is 1. The number of aromatic nitrogens is 2. The Bertz CT molecular complexity index is 320. The molecule has 1 heterocycles. The Kier molecular flexibility index (Phi) is 4.21. The van der Waals surface area contributed by atoms with Gasteiger partial charge in [0.25, 0.3) is 0 Å². The van der Waals surface area contributed by atoms with E-state index in [-0.39, 0.29) is 0 Å². The van der Waals surface area contributed by atoms with Crippen LogP contribution in [0.5, 0.6) is 0 Å². The van der Waals surface area contributed by atoms with Gasteiger partial charge < -0.3 is 10.3 Å². The number of hydrogen-bond donors (Lipinski definition) is 2. The van der Waals surface area contributed by atoms with Gasteiger partial charge in [0.05, 0.1) is 6.04 Å².